The van der Waals surface area contributed by atoms with Gasteiger partial charge in [0.05, 0.1) is 11.9 Å². The lowest BCUT2D eigenvalue weighted by Crippen LogP contribution is -2.21. The van der Waals surface area contributed by atoms with Crippen molar-refractivity contribution in [3.63, 3.8) is 0 Å². The van der Waals surface area contributed by atoms with E-state index in [1.54, 1.807) is 12.4 Å². The topological polar surface area (TPSA) is 42.0 Å². The Morgan fingerprint density at radius 1 is 1.62 bits per heavy atom. The van der Waals surface area contributed by atoms with E-state index >= 15 is 0 Å². The van der Waals surface area contributed by atoms with Crippen LogP contribution in [0.15, 0.2) is 18.5 Å². The number of hydrogen-bond acceptors (Lipinski definition) is 2. The van der Waals surface area contributed by atoms with Crippen LogP contribution in [0.4, 0.5) is 5.69 Å². The van der Waals surface area contributed by atoms with E-state index in [2.05, 4.69) is 10.3 Å². The van der Waals surface area contributed by atoms with Crippen molar-refractivity contribution in [1.29, 1.82) is 0 Å². The highest BCUT2D eigenvalue weighted by Gasteiger charge is 2.26. The van der Waals surface area contributed by atoms with Crippen LogP contribution in [-0.2, 0) is 4.79 Å². The molecule has 1 N–H and O–H groups in total. The minimum Gasteiger partial charge on any atom is -0.324 e. The highest BCUT2D eigenvalue weighted by atomic mass is 16.1. The lowest BCUT2D eigenvalue weighted by Gasteiger charge is -2.12. The van der Waals surface area contributed by atoms with Gasteiger partial charge in [-0.25, -0.2) is 0 Å². The van der Waals surface area contributed by atoms with Crippen molar-refractivity contribution in [1.82, 2.24) is 4.98 Å². The van der Waals surface area contributed by atoms with Gasteiger partial charge in [-0.2, -0.15) is 0 Å². The van der Waals surface area contributed by atoms with Crippen molar-refractivity contribution in [3.8, 4) is 0 Å². The molecule has 1 aliphatic rings. The fourth-order valence-electron chi connectivity index (χ4n) is 1.81. The van der Waals surface area contributed by atoms with Crippen molar-refractivity contribution in [2.24, 2.45) is 11.8 Å². The highest BCUT2D eigenvalue weighted by molar-refractivity contribution is 5.92. The van der Waals surface area contributed by atoms with Crippen LogP contribution in [0.2, 0.25) is 0 Å². The lowest BCUT2D eigenvalue weighted by molar-refractivity contribution is -0.119. The van der Waals surface area contributed by atoms with Gasteiger partial charge in [0.1, 0.15) is 0 Å². The summed E-state index contributed by atoms with van der Waals surface area (Å²) in [6.07, 6.45) is 7.05. The Bertz CT molecular complexity index is 385. The van der Waals surface area contributed by atoms with E-state index in [0.29, 0.717) is 0 Å². The number of aryl methyl sites for hydroxylation is 1. The third-order valence-electron chi connectivity index (χ3n) is 3.13. The normalized spacial score (nSPS) is 16.9. The Labute approximate surface area is 96.3 Å². The maximum atomic E-state index is 11.9. The van der Waals surface area contributed by atoms with E-state index in [0.717, 1.165) is 23.6 Å². The Morgan fingerprint density at radius 2 is 2.38 bits per heavy atom. The zero-order chi connectivity index (χ0) is 11.5. The number of hydrogen-bond donors (Lipinski definition) is 1. The van der Waals surface area contributed by atoms with Gasteiger partial charge < -0.3 is 5.32 Å². The number of aromatic nitrogens is 1. The molecule has 1 aromatic heterocycles. The van der Waals surface area contributed by atoms with E-state index in [1.165, 1.54) is 12.8 Å². The number of amides is 1. The van der Waals surface area contributed by atoms with E-state index in [4.69, 9.17) is 0 Å². The molecule has 1 aliphatic carbocycles. The number of nitrogens with one attached hydrogen (secondary N) is 1. The van der Waals surface area contributed by atoms with Gasteiger partial charge in [0, 0.05) is 12.1 Å². The first-order chi connectivity index (χ1) is 7.66. The number of carbonyl (C=O) groups excluding carboxylic acids is 1. The standard InChI is InChI=1S/C13H18N2O/c1-9-5-6-14-8-12(9)15-13(16)10(2)7-11-3-4-11/h5-6,8,10-11H,3-4,7H2,1-2H3,(H,15,16). The van der Waals surface area contributed by atoms with Crippen LogP contribution in [0, 0.1) is 18.8 Å². The summed E-state index contributed by atoms with van der Waals surface area (Å²) >= 11 is 0. The summed E-state index contributed by atoms with van der Waals surface area (Å²) in [5, 5.41) is 2.94. The molecule has 0 aromatic carbocycles. The average Bonchev–Trinajstić information content (AvgIpc) is 3.05. The Balaban J connectivity index is 1.93. The summed E-state index contributed by atoms with van der Waals surface area (Å²) in [5.41, 5.74) is 1.89. The molecule has 1 atom stereocenters. The second-order valence-electron chi connectivity index (χ2n) is 4.76. The predicted molar refractivity (Wildman–Crippen MR) is 64.1 cm³/mol. The summed E-state index contributed by atoms with van der Waals surface area (Å²) in [6.45, 7) is 3.97. The van der Waals surface area contributed by atoms with Crippen molar-refractivity contribution >= 4 is 11.6 Å². The minimum atomic E-state index is 0.104. The van der Waals surface area contributed by atoms with Crippen LogP contribution in [0.5, 0.6) is 0 Å². The Morgan fingerprint density at radius 3 is 3.00 bits per heavy atom. The molecule has 86 valence electrons. The first-order valence-electron chi connectivity index (χ1n) is 5.88. The maximum absolute atomic E-state index is 11.9. The fourth-order valence-corrected chi connectivity index (χ4v) is 1.81. The molecule has 1 aromatic rings. The molecule has 1 heterocycles. The van der Waals surface area contributed by atoms with Gasteiger partial charge >= 0.3 is 0 Å². The highest BCUT2D eigenvalue weighted by Crippen LogP contribution is 2.35. The van der Waals surface area contributed by atoms with Gasteiger partial charge in [0.25, 0.3) is 0 Å². The molecule has 3 heteroatoms. The molecule has 0 saturated heterocycles. The molecular formula is C13H18N2O. The smallest absolute Gasteiger partial charge is 0.227 e. The third-order valence-corrected chi connectivity index (χ3v) is 3.13. The number of carbonyl (C=O) groups is 1. The van der Waals surface area contributed by atoms with Crippen LogP contribution in [0.3, 0.4) is 0 Å². The van der Waals surface area contributed by atoms with Gasteiger partial charge in [-0.1, -0.05) is 19.8 Å². The Hall–Kier alpha value is -1.38. The molecule has 2 rings (SSSR count). The number of pyridine rings is 1. The van der Waals surface area contributed by atoms with Crippen LogP contribution in [-0.4, -0.2) is 10.9 Å². The number of nitrogens with zero attached hydrogens (tertiary/aromatic N) is 1. The number of anilines is 1. The molecule has 0 aliphatic heterocycles. The van der Waals surface area contributed by atoms with Gasteiger partial charge in [0.15, 0.2) is 0 Å². The molecule has 1 fully saturated rings. The third kappa shape index (κ3) is 2.81. The molecule has 1 saturated carbocycles. The zero-order valence-electron chi connectivity index (χ0n) is 9.86. The molecule has 1 amide bonds. The second-order valence-corrected chi connectivity index (χ2v) is 4.76. The molecule has 3 nitrogen and oxygen atoms in total. The lowest BCUT2D eigenvalue weighted by atomic mass is 10.0. The van der Waals surface area contributed by atoms with Gasteiger partial charge in [-0.3, -0.25) is 9.78 Å². The monoisotopic (exact) mass is 218 g/mol. The van der Waals surface area contributed by atoms with Crippen molar-refractivity contribution < 1.29 is 4.79 Å². The summed E-state index contributed by atoms with van der Waals surface area (Å²) in [5.74, 6) is 1.01. The van der Waals surface area contributed by atoms with Crippen molar-refractivity contribution in [3.05, 3.63) is 24.0 Å². The average molecular weight is 218 g/mol. The fraction of sp³-hybridized carbons (Fsp3) is 0.538. The van der Waals surface area contributed by atoms with E-state index in [-0.39, 0.29) is 11.8 Å². The molecule has 1 unspecified atom stereocenters. The minimum absolute atomic E-state index is 0.104. The first kappa shape index (κ1) is 11.1. The molecule has 0 bridgehead atoms. The maximum Gasteiger partial charge on any atom is 0.227 e. The van der Waals surface area contributed by atoms with Crippen LogP contribution in [0.25, 0.3) is 0 Å². The van der Waals surface area contributed by atoms with Gasteiger partial charge in [-0.05, 0) is 30.9 Å². The summed E-state index contributed by atoms with van der Waals surface area (Å²) in [4.78, 5) is 15.9. The van der Waals surface area contributed by atoms with E-state index < -0.39 is 0 Å². The second kappa shape index (κ2) is 4.64. The molecule has 0 radical (unpaired) electrons. The van der Waals surface area contributed by atoms with Gasteiger partial charge in [-0.15, -0.1) is 0 Å². The number of rotatable bonds is 4. The first-order valence-corrected chi connectivity index (χ1v) is 5.88. The van der Waals surface area contributed by atoms with Crippen LogP contribution < -0.4 is 5.32 Å². The Kier molecular flexibility index (Phi) is 3.22. The van der Waals surface area contributed by atoms with E-state index in [1.807, 2.05) is 19.9 Å². The summed E-state index contributed by atoms with van der Waals surface area (Å²) in [7, 11) is 0. The molecular weight excluding hydrogens is 200 g/mol. The summed E-state index contributed by atoms with van der Waals surface area (Å²) < 4.78 is 0. The van der Waals surface area contributed by atoms with Crippen LogP contribution >= 0.6 is 0 Å². The van der Waals surface area contributed by atoms with Crippen molar-refractivity contribution in [2.75, 3.05) is 5.32 Å². The zero-order valence-corrected chi connectivity index (χ0v) is 9.86. The largest absolute Gasteiger partial charge is 0.324 e. The molecule has 0 spiro atoms. The van der Waals surface area contributed by atoms with Crippen molar-refractivity contribution in [2.45, 2.75) is 33.1 Å². The predicted octanol–water partition coefficient (Wildman–Crippen LogP) is 2.76. The quantitative estimate of drug-likeness (QED) is 0.844. The van der Waals surface area contributed by atoms with Crippen LogP contribution in [0.1, 0.15) is 31.7 Å². The summed E-state index contributed by atoms with van der Waals surface area (Å²) in [6, 6.07) is 1.90. The molecule has 16 heavy (non-hydrogen) atoms. The SMILES string of the molecule is Cc1ccncc1NC(=O)C(C)CC1CC1. The van der Waals surface area contributed by atoms with Gasteiger partial charge in [0.2, 0.25) is 5.91 Å². The van der Waals surface area contributed by atoms with E-state index in [9.17, 15) is 4.79 Å².